The minimum Gasteiger partial charge on any atom is -0.390 e. The van der Waals surface area contributed by atoms with Crippen molar-refractivity contribution in [3.8, 4) is 0 Å². The number of hydrogen-bond acceptors (Lipinski definition) is 3. The Morgan fingerprint density at radius 1 is 1.39 bits per heavy atom. The molecule has 0 saturated carbocycles. The zero-order valence-electron chi connectivity index (χ0n) is 8.96. The molecule has 102 valence electrons. The Balaban J connectivity index is 3.17. The molecule has 8 heteroatoms. The number of rotatable bonds is 4. The number of aromatic nitrogens is 1. The third kappa shape index (κ3) is 3.81. The predicted octanol–water partition coefficient (Wildman–Crippen LogP) is 2.93. The van der Waals surface area contributed by atoms with Crippen LogP contribution in [-0.2, 0) is 6.18 Å². The summed E-state index contributed by atoms with van der Waals surface area (Å²) in [5.41, 5.74) is -1.58. The molecule has 0 aliphatic rings. The van der Waals surface area contributed by atoms with Crippen LogP contribution in [-0.4, -0.2) is 26.6 Å². The predicted molar refractivity (Wildman–Crippen MR) is 63.6 cm³/mol. The smallest absolute Gasteiger partial charge is 0.390 e. The van der Waals surface area contributed by atoms with Crippen molar-refractivity contribution in [3.63, 3.8) is 0 Å². The lowest BCUT2D eigenvalue weighted by atomic mass is 9.99. The van der Waals surface area contributed by atoms with Crippen LogP contribution < -0.4 is 0 Å². The van der Waals surface area contributed by atoms with Crippen LogP contribution in [0.2, 0.25) is 5.15 Å². The summed E-state index contributed by atoms with van der Waals surface area (Å²) in [5, 5.41) is 19.4. The number of aliphatic hydroxyl groups excluding tert-OH is 2. The number of alkyl halides is 4. The van der Waals surface area contributed by atoms with E-state index in [0.29, 0.717) is 11.5 Å². The molecule has 0 amide bonds. The van der Waals surface area contributed by atoms with E-state index in [1.807, 2.05) is 0 Å². The highest BCUT2D eigenvalue weighted by molar-refractivity contribution is 9.09. The van der Waals surface area contributed by atoms with E-state index in [4.69, 9.17) is 11.6 Å². The van der Waals surface area contributed by atoms with E-state index >= 15 is 0 Å². The van der Waals surface area contributed by atoms with Gasteiger partial charge in [0.25, 0.3) is 0 Å². The molecule has 1 aromatic rings. The van der Waals surface area contributed by atoms with Crippen LogP contribution in [0.25, 0.3) is 0 Å². The molecule has 1 aromatic heterocycles. The van der Waals surface area contributed by atoms with Gasteiger partial charge in [-0.05, 0) is 18.1 Å². The van der Waals surface area contributed by atoms with Crippen LogP contribution in [0.15, 0.2) is 12.3 Å². The minimum atomic E-state index is -4.66. The van der Waals surface area contributed by atoms with Crippen LogP contribution in [0, 0.1) is 0 Å². The molecule has 1 rings (SSSR count). The van der Waals surface area contributed by atoms with E-state index in [9.17, 15) is 23.4 Å². The van der Waals surface area contributed by atoms with Crippen molar-refractivity contribution in [1.82, 2.24) is 4.98 Å². The molecule has 0 spiro atoms. The minimum absolute atomic E-state index is 0.110. The molecular formula is C10H10BrClF3NO2. The number of nitrogens with zero attached hydrogens (tertiary/aromatic N) is 1. The van der Waals surface area contributed by atoms with E-state index in [1.54, 1.807) is 0 Å². The van der Waals surface area contributed by atoms with E-state index in [0.717, 1.165) is 6.07 Å². The maximum Gasteiger partial charge on any atom is 0.418 e. The second kappa shape index (κ2) is 6.18. The van der Waals surface area contributed by atoms with Gasteiger partial charge in [0.1, 0.15) is 11.3 Å². The number of pyridine rings is 1. The van der Waals surface area contributed by atoms with Gasteiger partial charge in [-0.2, -0.15) is 13.2 Å². The molecule has 0 bridgehead atoms. The molecule has 2 atom stereocenters. The first-order valence-electron chi connectivity index (χ1n) is 4.92. The molecule has 3 nitrogen and oxygen atoms in total. The van der Waals surface area contributed by atoms with Crippen molar-refractivity contribution in [3.05, 3.63) is 28.5 Å². The molecule has 0 saturated heterocycles. The Kier molecular flexibility index (Phi) is 5.39. The lowest BCUT2D eigenvalue weighted by Gasteiger charge is -2.21. The first-order chi connectivity index (χ1) is 8.27. The van der Waals surface area contributed by atoms with Gasteiger partial charge in [-0.15, -0.1) is 0 Å². The highest BCUT2D eigenvalue weighted by Gasteiger charge is 2.37. The molecule has 0 aromatic carbocycles. The quantitative estimate of drug-likeness (QED) is 0.650. The lowest BCUT2D eigenvalue weighted by molar-refractivity contribution is -0.140. The second-order valence-electron chi connectivity index (χ2n) is 3.58. The van der Waals surface area contributed by atoms with Gasteiger partial charge in [-0.1, -0.05) is 27.5 Å². The van der Waals surface area contributed by atoms with E-state index in [1.165, 1.54) is 0 Å². The lowest BCUT2D eigenvalue weighted by Crippen LogP contribution is -2.22. The summed E-state index contributed by atoms with van der Waals surface area (Å²) in [7, 11) is 0. The number of halogens is 5. The molecule has 0 aliphatic carbocycles. The van der Waals surface area contributed by atoms with Gasteiger partial charge in [0, 0.05) is 11.5 Å². The third-order valence-electron chi connectivity index (χ3n) is 2.30. The summed E-state index contributed by atoms with van der Waals surface area (Å²) in [6.07, 6.45) is -6.99. The summed E-state index contributed by atoms with van der Waals surface area (Å²) in [6, 6.07) is 0.909. The SMILES string of the molecule is OC(CCBr)C(O)c1cc(Cl)ncc1C(F)(F)F. The normalized spacial score (nSPS) is 15.5. The van der Waals surface area contributed by atoms with Gasteiger partial charge in [0.05, 0.1) is 11.7 Å². The zero-order valence-corrected chi connectivity index (χ0v) is 11.3. The molecule has 2 N–H and O–H groups in total. The fourth-order valence-corrected chi connectivity index (χ4v) is 2.04. The number of hydrogen-bond donors (Lipinski definition) is 2. The molecule has 18 heavy (non-hydrogen) atoms. The maximum absolute atomic E-state index is 12.7. The van der Waals surface area contributed by atoms with Gasteiger partial charge in [-0.3, -0.25) is 0 Å². The summed E-state index contributed by atoms with van der Waals surface area (Å²) >= 11 is 8.54. The summed E-state index contributed by atoms with van der Waals surface area (Å²) in [4.78, 5) is 3.34. The molecule has 0 aliphatic heterocycles. The summed E-state index contributed by atoms with van der Waals surface area (Å²) < 4.78 is 38.1. The van der Waals surface area contributed by atoms with E-state index < -0.39 is 29.5 Å². The maximum atomic E-state index is 12.7. The van der Waals surface area contributed by atoms with Crippen LogP contribution in [0.4, 0.5) is 13.2 Å². The Morgan fingerprint density at radius 2 is 2.00 bits per heavy atom. The van der Waals surface area contributed by atoms with Gasteiger partial charge < -0.3 is 10.2 Å². The fraction of sp³-hybridized carbons (Fsp3) is 0.500. The average Bonchev–Trinajstić information content (AvgIpc) is 2.26. The van der Waals surface area contributed by atoms with Crippen LogP contribution in [0.1, 0.15) is 23.7 Å². The standard InChI is InChI=1S/C10H10BrClF3NO2/c11-2-1-7(17)9(18)5-3-8(12)16-4-6(5)10(13,14)15/h3-4,7,9,17-18H,1-2H2. The highest BCUT2D eigenvalue weighted by atomic mass is 79.9. The molecule has 0 radical (unpaired) electrons. The van der Waals surface area contributed by atoms with Crippen molar-refractivity contribution < 1.29 is 23.4 Å². The van der Waals surface area contributed by atoms with Crippen molar-refractivity contribution in [2.24, 2.45) is 0 Å². The Labute approximate surface area is 115 Å². The summed E-state index contributed by atoms with van der Waals surface area (Å²) in [6.45, 7) is 0. The van der Waals surface area contributed by atoms with Crippen molar-refractivity contribution in [2.75, 3.05) is 5.33 Å². The Hall–Kier alpha value is -0.370. The molecule has 1 heterocycles. The topological polar surface area (TPSA) is 53.4 Å². The monoisotopic (exact) mass is 347 g/mol. The first-order valence-corrected chi connectivity index (χ1v) is 6.42. The van der Waals surface area contributed by atoms with Crippen LogP contribution >= 0.6 is 27.5 Å². The van der Waals surface area contributed by atoms with Crippen molar-refractivity contribution in [2.45, 2.75) is 24.8 Å². The second-order valence-corrected chi connectivity index (χ2v) is 4.76. The van der Waals surface area contributed by atoms with Crippen LogP contribution in [0.5, 0.6) is 0 Å². The van der Waals surface area contributed by atoms with Gasteiger partial charge >= 0.3 is 6.18 Å². The largest absolute Gasteiger partial charge is 0.418 e. The Morgan fingerprint density at radius 3 is 2.50 bits per heavy atom. The van der Waals surface area contributed by atoms with E-state index in [-0.39, 0.29) is 11.6 Å². The van der Waals surface area contributed by atoms with Gasteiger partial charge in [-0.25, -0.2) is 4.98 Å². The van der Waals surface area contributed by atoms with Crippen molar-refractivity contribution >= 4 is 27.5 Å². The first kappa shape index (κ1) is 15.7. The van der Waals surface area contributed by atoms with Crippen molar-refractivity contribution in [1.29, 1.82) is 0 Å². The molecule has 2 unspecified atom stereocenters. The average molecular weight is 349 g/mol. The van der Waals surface area contributed by atoms with Crippen LogP contribution in [0.3, 0.4) is 0 Å². The zero-order chi connectivity index (χ0) is 13.9. The van der Waals surface area contributed by atoms with Gasteiger partial charge in [0.15, 0.2) is 0 Å². The Bertz CT molecular complexity index is 417. The fourth-order valence-electron chi connectivity index (χ4n) is 1.40. The number of aliphatic hydroxyl groups is 2. The summed E-state index contributed by atoms with van der Waals surface area (Å²) in [5.74, 6) is 0. The molecule has 0 fully saturated rings. The third-order valence-corrected chi connectivity index (χ3v) is 2.96. The molecular weight excluding hydrogens is 338 g/mol. The highest BCUT2D eigenvalue weighted by Crippen LogP contribution is 2.36. The van der Waals surface area contributed by atoms with E-state index in [2.05, 4.69) is 20.9 Å². The van der Waals surface area contributed by atoms with Gasteiger partial charge in [0.2, 0.25) is 0 Å².